The largest absolute Gasteiger partial charge is 0.355 e. The van der Waals surface area contributed by atoms with Crippen molar-refractivity contribution in [3.8, 4) is 0 Å². The lowest BCUT2D eigenvalue weighted by atomic mass is 9.84. The van der Waals surface area contributed by atoms with Crippen molar-refractivity contribution in [2.24, 2.45) is 5.73 Å². The van der Waals surface area contributed by atoms with Crippen LogP contribution in [0.5, 0.6) is 0 Å². The zero-order chi connectivity index (χ0) is 15.7. The minimum atomic E-state index is -0.0704. The fourth-order valence-corrected chi connectivity index (χ4v) is 2.60. The Bertz CT molecular complexity index is 452. The second kappa shape index (κ2) is 11.0. The van der Waals surface area contributed by atoms with Crippen LogP contribution in [-0.4, -0.2) is 19.0 Å². The number of rotatable bonds is 9. The molecular weight excluding hydrogens is 364 g/mol. The quantitative estimate of drug-likeness (QED) is 0.621. The summed E-state index contributed by atoms with van der Waals surface area (Å²) < 4.78 is 1.07. The van der Waals surface area contributed by atoms with Crippen LogP contribution in [0.2, 0.25) is 0 Å². The van der Waals surface area contributed by atoms with E-state index >= 15 is 0 Å². The van der Waals surface area contributed by atoms with E-state index < -0.39 is 0 Å². The molecule has 1 aromatic carbocycles. The molecule has 0 radical (unpaired) electrons. The number of carbonyl (C=O) groups is 1. The highest BCUT2D eigenvalue weighted by Crippen LogP contribution is 2.25. The maximum atomic E-state index is 11.9. The number of carbonyl (C=O) groups excluding carboxylic acids is 1. The molecule has 0 heterocycles. The molecule has 1 aromatic rings. The summed E-state index contributed by atoms with van der Waals surface area (Å²) in [6.45, 7) is 5.70. The number of nitrogens with two attached hydrogens (primary N) is 1. The van der Waals surface area contributed by atoms with Crippen molar-refractivity contribution in [3.05, 3.63) is 34.3 Å². The van der Waals surface area contributed by atoms with Crippen LogP contribution in [0.3, 0.4) is 0 Å². The van der Waals surface area contributed by atoms with Gasteiger partial charge in [0.1, 0.15) is 0 Å². The topological polar surface area (TPSA) is 55.1 Å². The van der Waals surface area contributed by atoms with Crippen molar-refractivity contribution in [2.75, 3.05) is 13.1 Å². The van der Waals surface area contributed by atoms with Crippen molar-refractivity contribution in [3.63, 3.8) is 0 Å². The molecule has 0 spiro atoms. The predicted octanol–water partition coefficient (Wildman–Crippen LogP) is 4.17. The van der Waals surface area contributed by atoms with Gasteiger partial charge in [-0.05, 0) is 37.1 Å². The summed E-state index contributed by atoms with van der Waals surface area (Å²) in [6.07, 6.45) is 4.81. The minimum absolute atomic E-state index is 0. The Hall–Kier alpha value is -0.580. The Morgan fingerprint density at radius 3 is 2.55 bits per heavy atom. The molecule has 0 saturated heterocycles. The summed E-state index contributed by atoms with van der Waals surface area (Å²) in [5.74, 6) is 0.144. The molecule has 0 aliphatic heterocycles. The molecule has 3 N–H and O–H groups in total. The number of hydrogen-bond donors (Lipinski definition) is 2. The monoisotopic (exact) mass is 390 g/mol. The van der Waals surface area contributed by atoms with Crippen molar-refractivity contribution in [1.82, 2.24) is 5.32 Å². The first kappa shape index (κ1) is 21.4. The number of unbranched alkanes of at least 4 members (excludes halogenated alkanes) is 3. The number of amides is 1. The normalized spacial score (nSPS) is 10.9. The van der Waals surface area contributed by atoms with Gasteiger partial charge >= 0.3 is 0 Å². The minimum Gasteiger partial charge on any atom is -0.355 e. The van der Waals surface area contributed by atoms with Crippen LogP contribution < -0.4 is 11.1 Å². The molecular formula is C17H28BrClN2O. The summed E-state index contributed by atoms with van der Waals surface area (Å²) >= 11 is 3.49. The fourth-order valence-electron chi connectivity index (χ4n) is 2.20. The second-order valence-corrected chi connectivity index (χ2v) is 7.04. The van der Waals surface area contributed by atoms with Crippen LogP contribution >= 0.6 is 28.3 Å². The van der Waals surface area contributed by atoms with Gasteiger partial charge in [0.15, 0.2) is 0 Å². The van der Waals surface area contributed by atoms with Crippen molar-refractivity contribution < 1.29 is 4.79 Å². The van der Waals surface area contributed by atoms with E-state index in [1.54, 1.807) is 0 Å². The van der Waals surface area contributed by atoms with E-state index in [9.17, 15) is 4.79 Å². The molecule has 0 aromatic heterocycles. The highest BCUT2D eigenvalue weighted by molar-refractivity contribution is 9.10. The number of benzene rings is 1. The summed E-state index contributed by atoms with van der Waals surface area (Å²) in [4.78, 5) is 11.9. The molecule has 126 valence electrons. The van der Waals surface area contributed by atoms with Crippen LogP contribution in [-0.2, 0) is 10.2 Å². The lowest BCUT2D eigenvalue weighted by Gasteiger charge is -2.26. The van der Waals surface area contributed by atoms with E-state index in [2.05, 4.69) is 47.2 Å². The second-order valence-electron chi connectivity index (χ2n) is 6.12. The van der Waals surface area contributed by atoms with E-state index in [0.717, 1.165) is 36.7 Å². The lowest BCUT2D eigenvalue weighted by Crippen LogP contribution is -2.36. The number of nitrogens with one attached hydrogen (secondary N) is 1. The van der Waals surface area contributed by atoms with Gasteiger partial charge in [-0.2, -0.15) is 0 Å². The molecule has 22 heavy (non-hydrogen) atoms. The summed E-state index contributed by atoms with van der Waals surface area (Å²) in [5, 5.41) is 3.05. The Morgan fingerprint density at radius 1 is 1.23 bits per heavy atom. The van der Waals surface area contributed by atoms with Crippen LogP contribution in [0.1, 0.15) is 51.5 Å². The van der Waals surface area contributed by atoms with E-state index in [-0.39, 0.29) is 23.7 Å². The van der Waals surface area contributed by atoms with Gasteiger partial charge in [0, 0.05) is 22.9 Å². The smallest absolute Gasteiger partial charge is 0.220 e. The highest BCUT2D eigenvalue weighted by Gasteiger charge is 2.21. The van der Waals surface area contributed by atoms with Crippen LogP contribution in [0.25, 0.3) is 0 Å². The van der Waals surface area contributed by atoms with Crippen molar-refractivity contribution in [1.29, 1.82) is 0 Å². The Morgan fingerprint density at radius 2 is 1.91 bits per heavy atom. The van der Waals surface area contributed by atoms with Crippen LogP contribution in [0.15, 0.2) is 28.7 Å². The molecule has 0 aliphatic rings. The summed E-state index contributed by atoms with van der Waals surface area (Å²) in [7, 11) is 0. The van der Waals surface area contributed by atoms with E-state index in [0.29, 0.717) is 13.0 Å². The standard InChI is InChI=1S/C17H27BrN2O.ClH/c1-17(2,14-8-7-9-15(18)12-14)13-20-16(21)10-5-3-4-6-11-19;/h7-9,12H,3-6,10-11,13,19H2,1-2H3,(H,20,21);1H. The molecule has 1 rings (SSSR count). The van der Waals surface area contributed by atoms with Gasteiger partial charge in [0.2, 0.25) is 5.91 Å². The lowest BCUT2D eigenvalue weighted by molar-refractivity contribution is -0.121. The number of hydrogen-bond acceptors (Lipinski definition) is 2. The number of halogens is 2. The Kier molecular flexibility index (Phi) is 10.7. The molecule has 0 fully saturated rings. The van der Waals surface area contributed by atoms with Gasteiger partial charge in [-0.25, -0.2) is 0 Å². The summed E-state index contributed by atoms with van der Waals surface area (Å²) in [6, 6.07) is 8.25. The molecule has 5 heteroatoms. The third-order valence-electron chi connectivity index (χ3n) is 3.69. The van der Waals surface area contributed by atoms with Gasteiger partial charge in [-0.3, -0.25) is 4.79 Å². The van der Waals surface area contributed by atoms with E-state index in [1.165, 1.54) is 5.56 Å². The zero-order valence-electron chi connectivity index (χ0n) is 13.5. The molecule has 0 aliphatic carbocycles. The van der Waals surface area contributed by atoms with Crippen LogP contribution in [0.4, 0.5) is 0 Å². The summed E-state index contributed by atoms with van der Waals surface area (Å²) in [5.41, 5.74) is 6.60. The maximum Gasteiger partial charge on any atom is 0.220 e. The van der Waals surface area contributed by atoms with Gasteiger partial charge in [-0.15, -0.1) is 12.4 Å². The Balaban J connectivity index is 0.00000441. The fraction of sp³-hybridized carbons (Fsp3) is 0.588. The molecule has 0 atom stereocenters. The van der Waals surface area contributed by atoms with Crippen molar-refractivity contribution in [2.45, 2.75) is 51.4 Å². The van der Waals surface area contributed by atoms with Crippen molar-refractivity contribution >= 4 is 34.2 Å². The van der Waals surface area contributed by atoms with Gasteiger partial charge in [-0.1, -0.05) is 54.8 Å². The average Bonchev–Trinajstić information content (AvgIpc) is 2.45. The Labute approximate surface area is 149 Å². The first-order valence-corrected chi connectivity index (χ1v) is 8.48. The highest BCUT2D eigenvalue weighted by atomic mass is 79.9. The predicted molar refractivity (Wildman–Crippen MR) is 99.6 cm³/mol. The third-order valence-corrected chi connectivity index (χ3v) is 4.18. The first-order chi connectivity index (χ1) is 9.95. The molecule has 1 amide bonds. The van der Waals surface area contributed by atoms with E-state index in [1.807, 2.05) is 12.1 Å². The third kappa shape index (κ3) is 8.16. The van der Waals surface area contributed by atoms with Gasteiger partial charge in [0.05, 0.1) is 0 Å². The zero-order valence-corrected chi connectivity index (χ0v) is 15.9. The first-order valence-electron chi connectivity index (χ1n) is 7.68. The van der Waals surface area contributed by atoms with Gasteiger partial charge < -0.3 is 11.1 Å². The molecule has 0 saturated carbocycles. The van der Waals surface area contributed by atoms with Crippen LogP contribution in [0, 0.1) is 0 Å². The maximum absolute atomic E-state index is 11.9. The van der Waals surface area contributed by atoms with E-state index in [4.69, 9.17) is 5.73 Å². The molecule has 0 bridgehead atoms. The molecule has 3 nitrogen and oxygen atoms in total. The van der Waals surface area contributed by atoms with Gasteiger partial charge in [0.25, 0.3) is 0 Å². The molecule has 0 unspecified atom stereocenters. The average molecular weight is 392 g/mol. The SMILES string of the molecule is CC(C)(CNC(=O)CCCCCCN)c1cccc(Br)c1.Cl.